The number of amides is 3. The molecule has 1 aromatic heterocycles. The molecule has 172 valence electrons. The number of pyridine rings is 1. The summed E-state index contributed by atoms with van der Waals surface area (Å²) in [6.07, 6.45) is 6.03. The van der Waals surface area contributed by atoms with Gasteiger partial charge in [-0.25, -0.2) is 4.39 Å². The fraction of sp³-hybridized carbons (Fsp3) is 0.304. The summed E-state index contributed by atoms with van der Waals surface area (Å²) in [6, 6.07) is 8.11. The van der Waals surface area contributed by atoms with Crippen molar-refractivity contribution in [2.45, 2.75) is 37.5 Å². The van der Waals surface area contributed by atoms with Crippen molar-refractivity contribution in [2.75, 3.05) is 6.54 Å². The Labute approximate surface area is 189 Å². The van der Waals surface area contributed by atoms with Crippen molar-refractivity contribution in [2.24, 2.45) is 0 Å². The van der Waals surface area contributed by atoms with Gasteiger partial charge in [0.05, 0.1) is 6.04 Å². The van der Waals surface area contributed by atoms with E-state index in [1.807, 2.05) is 0 Å². The van der Waals surface area contributed by atoms with E-state index in [4.69, 9.17) is 0 Å². The monoisotopic (exact) mass is 453 g/mol. The maximum atomic E-state index is 13.5. The molecule has 33 heavy (non-hydrogen) atoms. The van der Waals surface area contributed by atoms with Crippen molar-refractivity contribution in [1.29, 1.82) is 0 Å². The van der Waals surface area contributed by atoms with Crippen LogP contribution < -0.4 is 16.0 Å². The molecule has 10 heteroatoms. The molecule has 2 unspecified atom stereocenters. The van der Waals surface area contributed by atoms with Gasteiger partial charge in [-0.15, -0.1) is 0 Å². The quantitative estimate of drug-likeness (QED) is 0.542. The van der Waals surface area contributed by atoms with Crippen LogP contribution in [-0.2, 0) is 16.1 Å². The van der Waals surface area contributed by atoms with Crippen molar-refractivity contribution in [3.8, 4) is 0 Å². The lowest BCUT2D eigenvalue weighted by molar-refractivity contribution is -0.139. The second-order valence-electron chi connectivity index (χ2n) is 7.99. The van der Waals surface area contributed by atoms with Gasteiger partial charge in [0, 0.05) is 37.2 Å². The number of likely N-dealkylation sites (tertiary alicyclic amines) is 1. The molecule has 2 atom stereocenters. The molecule has 0 bridgehead atoms. The van der Waals surface area contributed by atoms with Crippen LogP contribution in [0.2, 0.25) is 0 Å². The Bertz CT molecular complexity index is 1080. The first kappa shape index (κ1) is 22.3. The number of carbonyl (C=O) groups excluding carboxylic acids is 3. The third-order valence-electron chi connectivity index (χ3n) is 5.90. The van der Waals surface area contributed by atoms with Crippen LogP contribution in [-0.4, -0.2) is 51.0 Å². The number of aliphatic hydroxyl groups excluding tert-OH is 1. The van der Waals surface area contributed by atoms with E-state index < -0.39 is 35.1 Å². The first-order valence-electron chi connectivity index (χ1n) is 10.6. The second-order valence-corrected chi connectivity index (χ2v) is 7.99. The van der Waals surface area contributed by atoms with Crippen molar-refractivity contribution in [3.63, 3.8) is 0 Å². The zero-order valence-corrected chi connectivity index (χ0v) is 17.8. The third-order valence-corrected chi connectivity index (χ3v) is 5.90. The van der Waals surface area contributed by atoms with E-state index >= 15 is 0 Å². The number of hydrogen-bond donors (Lipinski definition) is 4. The van der Waals surface area contributed by atoms with Gasteiger partial charge in [0.2, 0.25) is 5.66 Å². The van der Waals surface area contributed by atoms with Crippen LogP contribution in [0.4, 0.5) is 4.39 Å². The van der Waals surface area contributed by atoms with Gasteiger partial charge in [-0.2, -0.15) is 0 Å². The SMILES string of the molecule is O=C1NC(C(=O)NCc2ccc(F)cc2)(C2CCCCN2C(=O)c2ccncc2)NC=C1O. The molecular formula is C23H24FN5O4. The maximum absolute atomic E-state index is 13.5. The van der Waals surface area contributed by atoms with Crippen LogP contribution in [0.5, 0.6) is 0 Å². The molecular weight excluding hydrogens is 429 g/mol. The van der Waals surface area contributed by atoms with Crippen LogP contribution >= 0.6 is 0 Å². The first-order chi connectivity index (χ1) is 15.9. The molecule has 3 heterocycles. The Morgan fingerprint density at radius 3 is 2.61 bits per heavy atom. The minimum Gasteiger partial charge on any atom is -0.502 e. The topological polar surface area (TPSA) is 124 Å². The number of piperidine rings is 1. The van der Waals surface area contributed by atoms with Crippen molar-refractivity contribution in [1.82, 2.24) is 25.8 Å². The molecule has 0 spiro atoms. The summed E-state index contributed by atoms with van der Waals surface area (Å²) in [4.78, 5) is 44.7. The lowest BCUT2D eigenvalue weighted by Crippen LogP contribution is -2.77. The number of rotatable bonds is 5. The number of aliphatic hydroxyl groups is 1. The van der Waals surface area contributed by atoms with E-state index in [1.54, 1.807) is 29.2 Å². The number of hydrogen-bond acceptors (Lipinski definition) is 6. The standard InChI is InChI=1S/C23H24FN5O4/c24-17-6-4-15(5-7-17)13-26-22(33)23(27-14-18(30)20(31)28-23)19-3-1-2-12-29(19)21(32)16-8-10-25-11-9-16/h4-11,14,19,27,30H,1-3,12-13H2,(H,26,33)(H,28,31). The molecule has 1 fully saturated rings. The molecule has 1 aromatic carbocycles. The van der Waals surface area contributed by atoms with Crippen LogP contribution in [0, 0.1) is 5.82 Å². The first-order valence-corrected chi connectivity index (χ1v) is 10.6. The molecule has 4 N–H and O–H groups in total. The predicted molar refractivity (Wildman–Crippen MR) is 116 cm³/mol. The molecule has 3 amide bonds. The normalized spacial score (nSPS) is 22.6. The Balaban J connectivity index is 1.64. The Morgan fingerprint density at radius 1 is 1.18 bits per heavy atom. The van der Waals surface area contributed by atoms with Gasteiger partial charge in [-0.05, 0) is 49.1 Å². The smallest absolute Gasteiger partial charge is 0.289 e. The molecule has 9 nitrogen and oxygen atoms in total. The Hall–Kier alpha value is -3.95. The molecule has 0 saturated carbocycles. The highest BCUT2D eigenvalue weighted by atomic mass is 19.1. The number of halogens is 1. The zero-order chi connectivity index (χ0) is 23.4. The van der Waals surface area contributed by atoms with Gasteiger partial charge in [0.25, 0.3) is 17.7 Å². The fourth-order valence-corrected chi connectivity index (χ4v) is 4.19. The van der Waals surface area contributed by atoms with Crippen LogP contribution in [0.1, 0.15) is 35.2 Å². The van der Waals surface area contributed by atoms with Crippen molar-refractivity contribution in [3.05, 3.63) is 77.7 Å². The molecule has 0 radical (unpaired) electrons. The molecule has 2 aliphatic heterocycles. The predicted octanol–water partition coefficient (Wildman–Crippen LogP) is 1.35. The van der Waals surface area contributed by atoms with Crippen LogP contribution in [0.3, 0.4) is 0 Å². The van der Waals surface area contributed by atoms with Crippen LogP contribution in [0.15, 0.2) is 60.8 Å². The summed E-state index contributed by atoms with van der Waals surface area (Å²) in [5.41, 5.74) is -0.625. The van der Waals surface area contributed by atoms with E-state index in [0.29, 0.717) is 24.1 Å². The highest BCUT2D eigenvalue weighted by molar-refractivity contribution is 6.00. The average molecular weight is 453 g/mol. The van der Waals surface area contributed by atoms with E-state index in [9.17, 15) is 23.9 Å². The summed E-state index contributed by atoms with van der Waals surface area (Å²) in [5.74, 6) is -2.66. The lowest BCUT2D eigenvalue weighted by atomic mass is 9.87. The molecule has 0 aliphatic carbocycles. The average Bonchev–Trinajstić information content (AvgIpc) is 2.85. The molecule has 2 aromatic rings. The summed E-state index contributed by atoms with van der Waals surface area (Å²) >= 11 is 0. The van der Waals surface area contributed by atoms with E-state index in [0.717, 1.165) is 19.0 Å². The highest BCUT2D eigenvalue weighted by Crippen LogP contribution is 2.29. The third kappa shape index (κ3) is 4.50. The van der Waals surface area contributed by atoms with E-state index in [-0.39, 0.29) is 12.5 Å². The summed E-state index contributed by atoms with van der Waals surface area (Å²) in [7, 11) is 0. The minimum atomic E-state index is -1.70. The van der Waals surface area contributed by atoms with Gasteiger partial charge in [0.15, 0.2) is 5.76 Å². The minimum absolute atomic E-state index is 0.0825. The number of nitrogens with one attached hydrogen (secondary N) is 3. The zero-order valence-electron chi connectivity index (χ0n) is 17.8. The Morgan fingerprint density at radius 2 is 1.91 bits per heavy atom. The summed E-state index contributed by atoms with van der Waals surface area (Å²) in [6.45, 7) is 0.477. The van der Waals surface area contributed by atoms with Gasteiger partial charge in [-0.1, -0.05) is 12.1 Å². The largest absolute Gasteiger partial charge is 0.502 e. The fourth-order valence-electron chi connectivity index (χ4n) is 4.19. The number of nitrogens with zero attached hydrogens (tertiary/aromatic N) is 2. The Kier molecular flexibility index (Phi) is 6.25. The number of carbonyl (C=O) groups is 3. The number of aromatic nitrogens is 1. The van der Waals surface area contributed by atoms with Gasteiger partial charge in [0.1, 0.15) is 5.82 Å². The van der Waals surface area contributed by atoms with E-state index in [1.165, 1.54) is 24.5 Å². The van der Waals surface area contributed by atoms with Gasteiger partial charge < -0.3 is 26.0 Å². The van der Waals surface area contributed by atoms with Crippen LogP contribution in [0.25, 0.3) is 0 Å². The number of benzene rings is 1. The molecule has 2 aliphatic rings. The van der Waals surface area contributed by atoms with E-state index in [2.05, 4.69) is 20.9 Å². The summed E-state index contributed by atoms with van der Waals surface area (Å²) < 4.78 is 13.2. The highest BCUT2D eigenvalue weighted by Gasteiger charge is 2.53. The second kappa shape index (κ2) is 9.27. The maximum Gasteiger partial charge on any atom is 0.289 e. The molecule has 1 saturated heterocycles. The lowest BCUT2D eigenvalue weighted by Gasteiger charge is -2.48. The van der Waals surface area contributed by atoms with Crippen molar-refractivity contribution < 1.29 is 23.9 Å². The van der Waals surface area contributed by atoms with Gasteiger partial charge in [-0.3, -0.25) is 19.4 Å². The van der Waals surface area contributed by atoms with Gasteiger partial charge >= 0.3 is 0 Å². The molecule has 4 rings (SSSR count). The summed E-state index contributed by atoms with van der Waals surface area (Å²) in [5, 5.41) is 18.0. The van der Waals surface area contributed by atoms with Crippen molar-refractivity contribution >= 4 is 17.7 Å².